The third-order valence-corrected chi connectivity index (χ3v) is 4.50. The molecule has 2 N–H and O–H groups in total. The van der Waals surface area contributed by atoms with Crippen LogP contribution in [0.25, 0.3) is 0 Å². The fraction of sp³-hybridized carbons (Fsp3) is 0.316. The molecule has 0 radical (unpaired) electrons. The van der Waals surface area contributed by atoms with Crippen LogP contribution < -0.4 is 10.6 Å². The summed E-state index contributed by atoms with van der Waals surface area (Å²) in [6.45, 7) is 3.52. The molecule has 2 aromatic rings. The molecule has 0 saturated carbocycles. The van der Waals surface area contributed by atoms with Gasteiger partial charge in [0.05, 0.1) is 6.54 Å². The monoisotopic (exact) mass is 343 g/mol. The molecule has 0 aliphatic carbocycles. The third kappa shape index (κ3) is 4.57. The number of halogens is 1. The van der Waals surface area contributed by atoms with E-state index >= 15 is 0 Å². The largest absolute Gasteiger partial charge is 0.351 e. The maximum Gasteiger partial charge on any atom is 0.234 e. The average Bonchev–Trinajstić information content (AvgIpc) is 2.61. The quantitative estimate of drug-likeness (QED) is 0.877. The van der Waals surface area contributed by atoms with E-state index in [0.29, 0.717) is 13.1 Å². The van der Waals surface area contributed by atoms with Gasteiger partial charge in [0.1, 0.15) is 0 Å². The second-order valence-corrected chi connectivity index (χ2v) is 6.44. The molecule has 0 bridgehead atoms. The third-order valence-electron chi connectivity index (χ3n) is 4.27. The molecule has 1 amide bonds. The van der Waals surface area contributed by atoms with Gasteiger partial charge in [-0.15, -0.1) is 0 Å². The lowest BCUT2D eigenvalue weighted by atomic mass is 10.0. The van der Waals surface area contributed by atoms with Crippen LogP contribution in [0, 0.1) is 0 Å². The molecule has 1 fully saturated rings. The van der Waals surface area contributed by atoms with E-state index in [0.717, 1.165) is 35.8 Å². The van der Waals surface area contributed by atoms with Gasteiger partial charge < -0.3 is 10.6 Å². The highest BCUT2D eigenvalue weighted by Crippen LogP contribution is 2.24. The molecule has 5 heteroatoms. The van der Waals surface area contributed by atoms with Crippen LogP contribution in [0.2, 0.25) is 5.02 Å². The second kappa shape index (κ2) is 8.29. The molecule has 1 heterocycles. The van der Waals surface area contributed by atoms with Crippen LogP contribution in [0.4, 0.5) is 0 Å². The average molecular weight is 344 g/mol. The number of carbonyl (C=O) groups excluding carboxylic acids is 1. The van der Waals surface area contributed by atoms with Gasteiger partial charge in [-0.05, 0) is 23.3 Å². The molecular weight excluding hydrogens is 322 g/mol. The summed E-state index contributed by atoms with van der Waals surface area (Å²) in [6, 6.07) is 18.0. The van der Waals surface area contributed by atoms with Gasteiger partial charge in [0.25, 0.3) is 0 Å². The Kier molecular flexibility index (Phi) is 5.86. The molecule has 126 valence electrons. The predicted octanol–water partition coefficient (Wildman–Crippen LogP) is 2.60. The summed E-state index contributed by atoms with van der Waals surface area (Å²) in [4.78, 5) is 14.5. The minimum atomic E-state index is 0.0489. The minimum Gasteiger partial charge on any atom is -0.351 e. The zero-order chi connectivity index (χ0) is 16.8. The summed E-state index contributed by atoms with van der Waals surface area (Å²) in [5.74, 6) is 0.0489. The Morgan fingerprint density at radius 1 is 1.21 bits per heavy atom. The van der Waals surface area contributed by atoms with Gasteiger partial charge in [-0.3, -0.25) is 9.69 Å². The summed E-state index contributed by atoms with van der Waals surface area (Å²) < 4.78 is 0. The molecular formula is C19H22ClN3O. The van der Waals surface area contributed by atoms with Gasteiger partial charge in [-0.1, -0.05) is 54.1 Å². The fourth-order valence-corrected chi connectivity index (χ4v) is 3.21. The molecule has 1 saturated heterocycles. The van der Waals surface area contributed by atoms with E-state index in [4.69, 9.17) is 11.6 Å². The Morgan fingerprint density at radius 3 is 2.83 bits per heavy atom. The van der Waals surface area contributed by atoms with Crippen molar-refractivity contribution in [3.05, 3.63) is 70.7 Å². The molecule has 4 nitrogen and oxygen atoms in total. The van der Waals surface area contributed by atoms with Crippen LogP contribution in [0.5, 0.6) is 0 Å². The zero-order valence-corrected chi connectivity index (χ0v) is 14.3. The summed E-state index contributed by atoms with van der Waals surface area (Å²) in [6.07, 6.45) is 0. The van der Waals surface area contributed by atoms with Crippen molar-refractivity contribution in [2.24, 2.45) is 0 Å². The van der Waals surface area contributed by atoms with Crippen molar-refractivity contribution in [2.75, 3.05) is 26.2 Å². The van der Waals surface area contributed by atoms with E-state index in [2.05, 4.69) is 21.6 Å². The first-order valence-electron chi connectivity index (χ1n) is 8.23. The highest BCUT2D eigenvalue weighted by molar-refractivity contribution is 6.30. The molecule has 1 aliphatic rings. The molecule has 2 aromatic carbocycles. The van der Waals surface area contributed by atoms with Crippen LogP contribution in [-0.4, -0.2) is 37.0 Å². The number of hydrogen-bond acceptors (Lipinski definition) is 3. The standard InChI is InChI=1S/C19H22ClN3O/c20-17-8-4-7-16(11-17)18-13-21-9-10-23(18)14-19(24)22-12-15-5-2-1-3-6-15/h1-8,11,18,21H,9-10,12-14H2,(H,22,24). The van der Waals surface area contributed by atoms with E-state index < -0.39 is 0 Å². The van der Waals surface area contributed by atoms with E-state index in [1.165, 1.54) is 0 Å². The lowest BCUT2D eigenvalue weighted by molar-refractivity contribution is -0.123. The van der Waals surface area contributed by atoms with Crippen LogP contribution in [0.1, 0.15) is 17.2 Å². The number of nitrogens with one attached hydrogen (secondary N) is 2. The lowest BCUT2D eigenvalue weighted by Crippen LogP contribution is -2.49. The van der Waals surface area contributed by atoms with Crippen molar-refractivity contribution in [1.29, 1.82) is 0 Å². The number of amides is 1. The smallest absolute Gasteiger partial charge is 0.234 e. The van der Waals surface area contributed by atoms with Crippen molar-refractivity contribution in [3.63, 3.8) is 0 Å². The first kappa shape index (κ1) is 17.0. The second-order valence-electron chi connectivity index (χ2n) is 6.01. The Labute approximate surface area is 147 Å². The Bertz CT molecular complexity index is 677. The van der Waals surface area contributed by atoms with Crippen molar-refractivity contribution in [1.82, 2.24) is 15.5 Å². The summed E-state index contributed by atoms with van der Waals surface area (Å²) >= 11 is 6.12. The molecule has 1 aliphatic heterocycles. The Balaban J connectivity index is 1.60. The van der Waals surface area contributed by atoms with Gasteiger partial charge >= 0.3 is 0 Å². The molecule has 0 spiro atoms. The highest BCUT2D eigenvalue weighted by atomic mass is 35.5. The maximum atomic E-state index is 12.3. The lowest BCUT2D eigenvalue weighted by Gasteiger charge is -2.36. The predicted molar refractivity (Wildman–Crippen MR) is 96.9 cm³/mol. The molecule has 3 rings (SSSR count). The fourth-order valence-electron chi connectivity index (χ4n) is 3.02. The minimum absolute atomic E-state index is 0.0489. The number of piperazine rings is 1. The van der Waals surface area contributed by atoms with Crippen LogP contribution in [0.3, 0.4) is 0 Å². The van der Waals surface area contributed by atoms with Crippen LogP contribution in [0.15, 0.2) is 54.6 Å². The highest BCUT2D eigenvalue weighted by Gasteiger charge is 2.25. The van der Waals surface area contributed by atoms with E-state index in [9.17, 15) is 4.79 Å². The normalized spacial score (nSPS) is 18.3. The Hall–Kier alpha value is -1.88. The first-order chi connectivity index (χ1) is 11.7. The maximum absolute atomic E-state index is 12.3. The number of carbonyl (C=O) groups is 1. The molecule has 0 aromatic heterocycles. The van der Waals surface area contributed by atoms with Gasteiger partial charge in [-0.2, -0.15) is 0 Å². The van der Waals surface area contributed by atoms with Gasteiger partial charge in [0, 0.05) is 37.2 Å². The topological polar surface area (TPSA) is 44.4 Å². The number of benzene rings is 2. The Morgan fingerprint density at radius 2 is 2.04 bits per heavy atom. The van der Waals surface area contributed by atoms with Crippen LogP contribution in [-0.2, 0) is 11.3 Å². The molecule has 1 atom stereocenters. The van der Waals surface area contributed by atoms with Gasteiger partial charge in [-0.25, -0.2) is 0 Å². The SMILES string of the molecule is O=C(CN1CCNCC1c1cccc(Cl)c1)NCc1ccccc1. The van der Waals surface area contributed by atoms with Crippen molar-refractivity contribution >= 4 is 17.5 Å². The van der Waals surface area contributed by atoms with Gasteiger partial charge in [0.2, 0.25) is 5.91 Å². The summed E-state index contributed by atoms with van der Waals surface area (Å²) in [5, 5.41) is 7.13. The van der Waals surface area contributed by atoms with E-state index in [-0.39, 0.29) is 11.9 Å². The van der Waals surface area contributed by atoms with Crippen molar-refractivity contribution in [2.45, 2.75) is 12.6 Å². The summed E-state index contributed by atoms with van der Waals surface area (Å²) in [7, 11) is 0. The number of nitrogens with zero attached hydrogens (tertiary/aromatic N) is 1. The molecule has 1 unspecified atom stereocenters. The van der Waals surface area contributed by atoms with E-state index in [1.807, 2.05) is 48.5 Å². The van der Waals surface area contributed by atoms with Crippen molar-refractivity contribution in [3.8, 4) is 0 Å². The zero-order valence-electron chi connectivity index (χ0n) is 13.5. The summed E-state index contributed by atoms with van der Waals surface area (Å²) in [5.41, 5.74) is 2.25. The van der Waals surface area contributed by atoms with Crippen molar-refractivity contribution < 1.29 is 4.79 Å². The number of hydrogen-bond donors (Lipinski definition) is 2. The number of rotatable bonds is 5. The van der Waals surface area contributed by atoms with E-state index in [1.54, 1.807) is 0 Å². The molecule has 24 heavy (non-hydrogen) atoms. The van der Waals surface area contributed by atoms with Crippen LogP contribution >= 0.6 is 11.6 Å². The van der Waals surface area contributed by atoms with Gasteiger partial charge in [0.15, 0.2) is 0 Å². The first-order valence-corrected chi connectivity index (χ1v) is 8.61.